The number of amides is 1. The minimum Gasteiger partial charge on any atom is -0.345 e. The van der Waals surface area contributed by atoms with Gasteiger partial charge >= 0.3 is 0 Å². The van der Waals surface area contributed by atoms with E-state index < -0.39 is 0 Å². The van der Waals surface area contributed by atoms with Crippen molar-refractivity contribution < 1.29 is 4.79 Å². The maximum absolute atomic E-state index is 11.6. The summed E-state index contributed by atoms with van der Waals surface area (Å²) in [5.74, 6) is 0.942. The number of rotatable bonds is 5. The third-order valence-electron chi connectivity index (χ3n) is 2.80. The van der Waals surface area contributed by atoms with Crippen LogP contribution in [0.15, 0.2) is 0 Å². The Balaban J connectivity index is 2.31. The average molecular weight is 212 g/mol. The monoisotopic (exact) mass is 212 g/mol. The van der Waals surface area contributed by atoms with Gasteiger partial charge in [0.25, 0.3) is 0 Å². The highest BCUT2D eigenvalue weighted by Crippen LogP contribution is 2.49. The van der Waals surface area contributed by atoms with Crippen molar-refractivity contribution in [1.29, 1.82) is 5.26 Å². The summed E-state index contributed by atoms with van der Waals surface area (Å²) in [6.07, 6.45) is 3.25. The molecule has 0 aromatic rings. The molecule has 3 nitrogen and oxygen atoms in total. The Morgan fingerprint density at radius 3 is 2.71 bits per heavy atom. The molecule has 0 aromatic carbocycles. The number of carbonyl (C=O) groups excluding carboxylic acids is 1. The van der Waals surface area contributed by atoms with Gasteiger partial charge < -0.3 is 4.90 Å². The van der Waals surface area contributed by atoms with Gasteiger partial charge in [0.1, 0.15) is 0 Å². The molecule has 1 rings (SSSR count). The fraction of sp³-hybridized carbons (Fsp3) is 0.800. The zero-order valence-corrected chi connectivity index (χ0v) is 9.39. The first-order chi connectivity index (χ1) is 6.63. The van der Waals surface area contributed by atoms with Crippen LogP contribution in [-0.2, 0) is 4.79 Å². The maximum Gasteiger partial charge on any atom is 0.222 e. The topological polar surface area (TPSA) is 44.1 Å². The Labute approximate surface area is 90.5 Å². The highest BCUT2D eigenvalue weighted by atomic mass is 32.1. The summed E-state index contributed by atoms with van der Waals surface area (Å²) in [5, 5.41) is 8.39. The molecule has 0 atom stereocenters. The van der Waals surface area contributed by atoms with E-state index in [1.165, 1.54) is 0 Å². The van der Waals surface area contributed by atoms with E-state index in [0.29, 0.717) is 19.4 Å². The minimum atomic E-state index is 0.145. The highest BCUT2D eigenvalue weighted by Gasteiger charge is 2.43. The Hall–Kier alpha value is -0.690. The minimum absolute atomic E-state index is 0.145. The zero-order valence-electron chi connectivity index (χ0n) is 8.49. The van der Waals surface area contributed by atoms with Gasteiger partial charge in [-0.3, -0.25) is 4.79 Å². The van der Waals surface area contributed by atoms with Crippen molar-refractivity contribution in [2.75, 3.05) is 19.3 Å². The molecule has 1 aliphatic rings. The predicted molar refractivity (Wildman–Crippen MR) is 58.0 cm³/mol. The average Bonchev–Trinajstić information content (AvgIpc) is 2.94. The molecule has 4 heteroatoms. The number of hydrogen-bond donors (Lipinski definition) is 1. The van der Waals surface area contributed by atoms with Crippen LogP contribution in [-0.4, -0.2) is 30.2 Å². The van der Waals surface area contributed by atoms with E-state index in [1.54, 1.807) is 11.9 Å². The van der Waals surface area contributed by atoms with Gasteiger partial charge in [-0.1, -0.05) is 0 Å². The first kappa shape index (κ1) is 11.4. The summed E-state index contributed by atoms with van der Waals surface area (Å²) in [6.45, 7) is 0.540. The van der Waals surface area contributed by atoms with Gasteiger partial charge in [0.05, 0.1) is 12.5 Å². The zero-order chi connectivity index (χ0) is 10.6. The lowest BCUT2D eigenvalue weighted by Crippen LogP contribution is -2.30. The standard InChI is InChI=1S/C10H16N2OS/c1-12(6-2-5-11)9(13)7-10(8-14)3-4-10/h14H,2-4,6-8H2,1H3. The molecule has 0 saturated heterocycles. The number of thiol groups is 1. The van der Waals surface area contributed by atoms with E-state index in [9.17, 15) is 4.79 Å². The molecule has 0 unspecified atom stereocenters. The van der Waals surface area contributed by atoms with Crippen LogP contribution in [0.5, 0.6) is 0 Å². The van der Waals surface area contributed by atoms with Gasteiger partial charge in [-0.15, -0.1) is 0 Å². The van der Waals surface area contributed by atoms with Crippen LogP contribution in [0.3, 0.4) is 0 Å². The highest BCUT2D eigenvalue weighted by molar-refractivity contribution is 7.80. The molecule has 1 saturated carbocycles. The lowest BCUT2D eigenvalue weighted by Gasteiger charge is -2.18. The second kappa shape index (κ2) is 4.70. The lowest BCUT2D eigenvalue weighted by molar-refractivity contribution is -0.130. The van der Waals surface area contributed by atoms with Crippen LogP contribution in [0.25, 0.3) is 0 Å². The molecule has 0 aromatic heterocycles. The van der Waals surface area contributed by atoms with Crippen LogP contribution < -0.4 is 0 Å². The van der Waals surface area contributed by atoms with Crippen molar-refractivity contribution in [3.63, 3.8) is 0 Å². The van der Waals surface area contributed by atoms with Gasteiger partial charge in [0.2, 0.25) is 5.91 Å². The SMILES string of the molecule is CN(CCC#N)C(=O)CC1(CS)CC1. The van der Waals surface area contributed by atoms with E-state index >= 15 is 0 Å². The molecular weight excluding hydrogens is 196 g/mol. The molecule has 0 radical (unpaired) electrons. The molecular formula is C10H16N2OS. The quantitative estimate of drug-likeness (QED) is 0.701. The summed E-state index contributed by atoms with van der Waals surface area (Å²) in [6, 6.07) is 2.04. The molecule has 78 valence electrons. The maximum atomic E-state index is 11.6. The summed E-state index contributed by atoms with van der Waals surface area (Å²) in [7, 11) is 1.76. The Kier molecular flexibility index (Phi) is 3.82. The molecule has 1 aliphatic carbocycles. The molecule has 0 N–H and O–H groups in total. The second-order valence-corrected chi connectivity index (χ2v) is 4.37. The van der Waals surface area contributed by atoms with Crippen molar-refractivity contribution in [2.24, 2.45) is 5.41 Å². The molecule has 1 amide bonds. The summed E-state index contributed by atoms with van der Waals surface area (Å²) in [4.78, 5) is 13.3. The van der Waals surface area contributed by atoms with E-state index in [2.05, 4.69) is 12.6 Å². The van der Waals surface area contributed by atoms with Gasteiger partial charge in [0, 0.05) is 20.0 Å². The molecule has 0 spiro atoms. The number of carbonyl (C=O) groups is 1. The van der Waals surface area contributed by atoms with Crippen molar-refractivity contribution in [3.8, 4) is 6.07 Å². The Morgan fingerprint density at radius 1 is 1.64 bits per heavy atom. The van der Waals surface area contributed by atoms with Crippen LogP contribution in [0.1, 0.15) is 25.7 Å². The number of nitriles is 1. The number of nitrogens with zero attached hydrogens (tertiary/aromatic N) is 2. The largest absolute Gasteiger partial charge is 0.345 e. The Bertz CT molecular complexity index is 255. The first-order valence-corrected chi connectivity index (χ1v) is 5.48. The van der Waals surface area contributed by atoms with Gasteiger partial charge in [-0.2, -0.15) is 17.9 Å². The summed E-state index contributed by atoms with van der Waals surface area (Å²) < 4.78 is 0. The second-order valence-electron chi connectivity index (χ2n) is 4.06. The van der Waals surface area contributed by atoms with Crippen molar-refractivity contribution in [1.82, 2.24) is 4.90 Å². The van der Waals surface area contributed by atoms with Crippen molar-refractivity contribution in [3.05, 3.63) is 0 Å². The molecule has 0 aliphatic heterocycles. The normalized spacial score (nSPS) is 17.2. The lowest BCUT2D eigenvalue weighted by atomic mass is 10.0. The van der Waals surface area contributed by atoms with Crippen LogP contribution in [0.2, 0.25) is 0 Å². The van der Waals surface area contributed by atoms with Crippen LogP contribution in [0, 0.1) is 16.7 Å². The van der Waals surface area contributed by atoms with Crippen molar-refractivity contribution >= 4 is 18.5 Å². The Morgan fingerprint density at radius 2 is 2.29 bits per heavy atom. The first-order valence-electron chi connectivity index (χ1n) is 4.85. The molecule has 1 fully saturated rings. The van der Waals surface area contributed by atoms with Gasteiger partial charge in [-0.25, -0.2) is 0 Å². The van der Waals surface area contributed by atoms with Gasteiger partial charge in [-0.05, 0) is 24.0 Å². The molecule has 0 heterocycles. The van der Waals surface area contributed by atoms with E-state index in [-0.39, 0.29) is 11.3 Å². The van der Waals surface area contributed by atoms with Gasteiger partial charge in [0.15, 0.2) is 0 Å². The summed E-state index contributed by atoms with van der Waals surface area (Å²) >= 11 is 4.25. The van der Waals surface area contributed by atoms with E-state index in [4.69, 9.17) is 5.26 Å². The fourth-order valence-corrected chi connectivity index (χ4v) is 1.79. The van der Waals surface area contributed by atoms with E-state index in [1.807, 2.05) is 6.07 Å². The van der Waals surface area contributed by atoms with Crippen LogP contribution in [0.4, 0.5) is 0 Å². The van der Waals surface area contributed by atoms with Crippen molar-refractivity contribution in [2.45, 2.75) is 25.7 Å². The summed E-state index contributed by atoms with van der Waals surface area (Å²) in [5.41, 5.74) is 0.182. The molecule has 14 heavy (non-hydrogen) atoms. The number of hydrogen-bond acceptors (Lipinski definition) is 3. The third kappa shape index (κ3) is 2.91. The predicted octanol–water partition coefficient (Wildman–Crippen LogP) is 1.46. The third-order valence-corrected chi connectivity index (χ3v) is 3.47. The van der Waals surface area contributed by atoms with E-state index in [0.717, 1.165) is 18.6 Å². The fourth-order valence-electron chi connectivity index (χ4n) is 1.37. The molecule has 0 bridgehead atoms. The smallest absolute Gasteiger partial charge is 0.222 e. The van der Waals surface area contributed by atoms with Crippen LogP contribution >= 0.6 is 12.6 Å².